The molecule has 0 saturated carbocycles. The summed E-state index contributed by atoms with van der Waals surface area (Å²) in [6.07, 6.45) is 0. The van der Waals surface area contributed by atoms with Gasteiger partial charge in [0.25, 0.3) is 0 Å². The molecule has 0 spiro atoms. The van der Waals surface area contributed by atoms with E-state index in [1.807, 2.05) is 32.9 Å². The zero-order chi connectivity index (χ0) is 16.5. The highest BCUT2D eigenvalue weighted by atomic mass is 16.5. The molecule has 22 heavy (non-hydrogen) atoms. The summed E-state index contributed by atoms with van der Waals surface area (Å²) in [5, 5.41) is 5.62. The van der Waals surface area contributed by atoms with Crippen LogP contribution in [0.4, 0.5) is 5.69 Å². The van der Waals surface area contributed by atoms with E-state index in [4.69, 9.17) is 4.74 Å². The first kappa shape index (κ1) is 18.0. The van der Waals surface area contributed by atoms with Crippen LogP contribution < -0.4 is 15.4 Å². The van der Waals surface area contributed by atoms with Gasteiger partial charge in [-0.25, -0.2) is 0 Å². The second-order valence-electron chi connectivity index (χ2n) is 5.31. The van der Waals surface area contributed by atoms with Crippen molar-refractivity contribution in [1.29, 1.82) is 0 Å². The molecule has 0 heterocycles. The summed E-state index contributed by atoms with van der Waals surface area (Å²) in [5.41, 5.74) is 0.673. The van der Waals surface area contributed by atoms with E-state index in [2.05, 4.69) is 10.6 Å². The SMILES string of the molecule is CCN(CC(=O)Nc1cccc(OC)c1)CC(=O)NC(C)C. The summed E-state index contributed by atoms with van der Waals surface area (Å²) < 4.78 is 5.11. The Hall–Kier alpha value is -2.08. The number of ether oxygens (including phenoxy) is 1. The molecular weight excluding hydrogens is 282 g/mol. The van der Waals surface area contributed by atoms with Crippen LogP contribution in [-0.2, 0) is 9.59 Å². The number of carbonyl (C=O) groups excluding carboxylic acids is 2. The first-order chi connectivity index (χ1) is 10.4. The van der Waals surface area contributed by atoms with Crippen molar-refractivity contribution in [1.82, 2.24) is 10.2 Å². The Labute approximate surface area is 131 Å². The minimum absolute atomic E-state index is 0.0777. The quantitative estimate of drug-likeness (QED) is 0.763. The molecule has 1 aromatic rings. The number of hydrogen-bond donors (Lipinski definition) is 2. The molecule has 122 valence electrons. The van der Waals surface area contributed by atoms with Gasteiger partial charge in [0.2, 0.25) is 11.8 Å². The van der Waals surface area contributed by atoms with Crippen molar-refractivity contribution < 1.29 is 14.3 Å². The predicted octanol–water partition coefficient (Wildman–Crippen LogP) is 1.48. The van der Waals surface area contributed by atoms with Gasteiger partial charge in [0, 0.05) is 17.8 Å². The molecular formula is C16H25N3O3. The number of anilines is 1. The number of nitrogens with zero attached hydrogens (tertiary/aromatic N) is 1. The fourth-order valence-electron chi connectivity index (χ4n) is 1.95. The molecule has 0 atom stereocenters. The second kappa shape index (κ2) is 9.04. The Kier molecular flexibility index (Phi) is 7.39. The van der Waals surface area contributed by atoms with Gasteiger partial charge in [0.15, 0.2) is 0 Å². The maximum atomic E-state index is 12.1. The first-order valence-electron chi connectivity index (χ1n) is 7.40. The fraction of sp³-hybridized carbons (Fsp3) is 0.500. The molecule has 0 aliphatic heterocycles. The van der Waals surface area contributed by atoms with Crippen LogP contribution in [0.1, 0.15) is 20.8 Å². The Morgan fingerprint density at radius 2 is 1.91 bits per heavy atom. The topological polar surface area (TPSA) is 70.7 Å². The molecule has 0 saturated heterocycles. The van der Waals surface area contributed by atoms with Gasteiger partial charge in [-0.3, -0.25) is 14.5 Å². The van der Waals surface area contributed by atoms with Crippen molar-refractivity contribution >= 4 is 17.5 Å². The summed E-state index contributed by atoms with van der Waals surface area (Å²) in [6, 6.07) is 7.26. The van der Waals surface area contributed by atoms with E-state index in [9.17, 15) is 9.59 Å². The molecule has 0 fully saturated rings. The van der Waals surface area contributed by atoms with E-state index in [0.717, 1.165) is 0 Å². The largest absolute Gasteiger partial charge is 0.497 e. The maximum absolute atomic E-state index is 12.1. The van der Waals surface area contributed by atoms with Crippen molar-refractivity contribution in [2.75, 3.05) is 32.1 Å². The summed E-state index contributed by atoms with van der Waals surface area (Å²) in [5.74, 6) is 0.444. The van der Waals surface area contributed by atoms with E-state index in [1.165, 1.54) is 0 Å². The highest BCUT2D eigenvalue weighted by molar-refractivity contribution is 5.92. The number of carbonyl (C=O) groups is 2. The third-order valence-electron chi connectivity index (χ3n) is 2.98. The lowest BCUT2D eigenvalue weighted by Crippen LogP contribution is -2.42. The summed E-state index contributed by atoms with van der Waals surface area (Å²) >= 11 is 0. The molecule has 0 aliphatic rings. The number of methoxy groups -OCH3 is 1. The Morgan fingerprint density at radius 3 is 2.50 bits per heavy atom. The van der Waals surface area contributed by atoms with E-state index < -0.39 is 0 Å². The molecule has 6 heteroatoms. The number of hydrogen-bond acceptors (Lipinski definition) is 4. The molecule has 1 rings (SSSR count). The summed E-state index contributed by atoms with van der Waals surface area (Å²) in [6.45, 7) is 6.73. The monoisotopic (exact) mass is 307 g/mol. The summed E-state index contributed by atoms with van der Waals surface area (Å²) in [4.78, 5) is 25.6. The smallest absolute Gasteiger partial charge is 0.238 e. The van der Waals surface area contributed by atoms with Crippen LogP contribution >= 0.6 is 0 Å². The number of amides is 2. The Morgan fingerprint density at radius 1 is 1.23 bits per heavy atom. The molecule has 2 amide bonds. The van der Waals surface area contributed by atoms with Crippen molar-refractivity contribution in [2.45, 2.75) is 26.8 Å². The molecule has 0 aromatic heterocycles. The third-order valence-corrected chi connectivity index (χ3v) is 2.98. The molecule has 0 unspecified atom stereocenters. The highest BCUT2D eigenvalue weighted by Crippen LogP contribution is 2.16. The maximum Gasteiger partial charge on any atom is 0.238 e. The normalized spacial score (nSPS) is 10.6. The van der Waals surface area contributed by atoms with Crippen LogP contribution in [0.15, 0.2) is 24.3 Å². The van der Waals surface area contributed by atoms with E-state index in [-0.39, 0.29) is 30.9 Å². The van der Waals surface area contributed by atoms with Crippen LogP contribution in [0.25, 0.3) is 0 Å². The number of benzene rings is 1. The van der Waals surface area contributed by atoms with Crippen molar-refractivity contribution in [3.05, 3.63) is 24.3 Å². The van der Waals surface area contributed by atoms with Gasteiger partial charge in [0.05, 0.1) is 20.2 Å². The molecule has 0 aliphatic carbocycles. The number of nitrogens with one attached hydrogen (secondary N) is 2. The first-order valence-corrected chi connectivity index (χ1v) is 7.40. The molecule has 6 nitrogen and oxygen atoms in total. The summed E-state index contributed by atoms with van der Waals surface area (Å²) in [7, 11) is 1.58. The lowest BCUT2D eigenvalue weighted by Gasteiger charge is -2.20. The van der Waals surface area contributed by atoms with Gasteiger partial charge in [-0.05, 0) is 32.5 Å². The zero-order valence-electron chi connectivity index (χ0n) is 13.7. The Bertz CT molecular complexity index is 503. The second-order valence-corrected chi connectivity index (χ2v) is 5.31. The van der Waals surface area contributed by atoms with Gasteiger partial charge < -0.3 is 15.4 Å². The Balaban J connectivity index is 2.52. The predicted molar refractivity (Wildman–Crippen MR) is 87.0 cm³/mol. The number of rotatable bonds is 8. The van der Waals surface area contributed by atoms with Gasteiger partial charge in [-0.15, -0.1) is 0 Å². The van der Waals surface area contributed by atoms with E-state index in [0.29, 0.717) is 18.0 Å². The van der Waals surface area contributed by atoms with E-state index in [1.54, 1.807) is 24.1 Å². The fourth-order valence-corrected chi connectivity index (χ4v) is 1.95. The van der Waals surface area contributed by atoms with E-state index >= 15 is 0 Å². The lowest BCUT2D eigenvalue weighted by molar-refractivity contribution is -0.123. The van der Waals surface area contributed by atoms with Gasteiger partial charge in [-0.1, -0.05) is 13.0 Å². The van der Waals surface area contributed by atoms with Crippen molar-refractivity contribution in [2.24, 2.45) is 0 Å². The van der Waals surface area contributed by atoms with Crippen molar-refractivity contribution in [3.8, 4) is 5.75 Å². The van der Waals surface area contributed by atoms with Crippen LogP contribution in [0.3, 0.4) is 0 Å². The average molecular weight is 307 g/mol. The molecule has 0 radical (unpaired) electrons. The van der Waals surface area contributed by atoms with Gasteiger partial charge in [-0.2, -0.15) is 0 Å². The lowest BCUT2D eigenvalue weighted by atomic mass is 10.3. The van der Waals surface area contributed by atoms with Crippen LogP contribution in [0.2, 0.25) is 0 Å². The molecule has 0 bridgehead atoms. The standard InChI is InChI=1S/C16H25N3O3/c1-5-19(10-15(20)17-12(2)3)11-16(21)18-13-7-6-8-14(9-13)22-4/h6-9,12H,5,10-11H2,1-4H3,(H,17,20)(H,18,21). The molecule has 1 aromatic carbocycles. The van der Waals surface area contributed by atoms with Crippen LogP contribution in [0, 0.1) is 0 Å². The van der Waals surface area contributed by atoms with Crippen LogP contribution in [-0.4, -0.2) is 49.5 Å². The van der Waals surface area contributed by atoms with Gasteiger partial charge in [0.1, 0.15) is 5.75 Å². The zero-order valence-corrected chi connectivity index (χ0v) is 13.7. The minimum atomic E-state index is -0.160. The van der Waals surface area contributed by atoms with Gasteiger partial charge >= 0.3 is 0 Å². The van der Waals surface area contributed by atoms with Crippen molar-refractivity contribution in [3.63, 3.8) is 0 Å². The third kappa shape index (κ3) is 6.58. The average Bonchev–Trinajstić information content (AvgIpc) is 2.45. The number of likely N-dealkylation sites (N-methyl/N-ethyl adjacent to an activating group) is 1. The van der Waals surface area contributed by atoms with Crippen LogP contribution in [0.5, 0.6) is 5.75 Å². The minimum Gasteiger partial charge on any atom is -0.497 e. The molecule has 2 N–H and O–H groups in total. The highest BCUT2D eigenvalue weighted by Gasteiger charge is 2.13.